The monoisotopic (exact) mass is 443 g/mol. The van der Waals surface area contributed by atoms with Gasteiger partial charge in [0.1, 0.15) is 6.61 Å². The molecule has 0 unspecified atom stereocenters. The first kappa shape index (κ1) is 20.2. The standard InChI is InChI=1S/C21H14ClNO6S/c1-2-28-21(27)18(24)11-7-8-16-14(9-17(22)30-16)15(11)10-29-23-19(25)12-5-3-4-6-13(12)20(23)26/h3-9H,2,10H2,1H3. The highest BCUT2D eigenvalue weighted by Gasteiger charge is 2.37. The Morgan fingerprint density at radius 2 is 1.73 bits per heavy atom. The number of esters is 1. The Hall–Kier alpha value is -3.07. The van der Waals surface area contributed by atoms with Gasteiger partial charge < -0.3 is 4.74 Å². The summed E-state index contributed by atoms with van der Waals surface area (Å²) in [5.41, 5.74) is 0.876. The number of amides is 2. The molecular formula is C21H14ClNO6S. The van der Waals surface area contributed by atoms with Crippen molar-refractivity contribution in [2.45, 2.75) is 13.5 Å². The predicted molar refractivity (Wildman–Crippen MR) is 110 cm³/mol. The SMILES string of the molecule is CCOC(=O)C(=O)c1ccc2sc(Cl)cc2c1CON1C(=O)c2ccccc2C1=O. The summed E-state index contributed by atoms with van der Waals surface area (Å²) in [6, 6.07) is 11.2. The summed E-state index contributed by atoms with van der Waals surface area (Å²) >= 11 is 7.41. The number of benzene rings is 2. The van der Waals surface area contributed by atoms with Crippen molar-refractivity contribution in [2.24, 2.45) is 0 Å². The van der Waals surface area contributed by atoms with Crippen molar-refractivity contribution in [2.75, 3.05) is 6.61 Å². The average molecular weight is 444 g/mol. The summed E-state index contributed by atoms with van der Waals surface area (Å²) < 4.78 is 6.06. The van der Waals surface area contributed by atoms with Gasteiger partial charge in [0, 0.05) is 21.2 Å². The molecule has 0 saturated carbocycles. The maximum absolute atomic E-state index is 12.6. The third-order valence-electron chi connectivity index (χ3n) is 4.58. The van der Waals surface area contributed by atoms with Crippen molar-refractivity contribution >= 4 is 56.6 Å². The molecule has 4 rings (SSSR count). The molecule has 0 bridgehead atoms. The molecule has 1 aromatic heterocycles. The quantitative estimate of drug-likeness (QED) is 0.247. The van der Waals surface area contributed by atoms with Gasteiger partial charge in [-0.25, -0.2) is 4.79 Å². The van der Waals surface area contributed by atoms with Crippen LogP contribution in [0, 0.1) is 0 Å². The zero-order valence-corrected chi connectivity index (χ0v) is 17.2. The third-order valence-corrected chi connectivity index (χ3v) is 5.81. The highest BCUT2D eigenvalue weighted by Crippen LogP contribution is 2.34. The first-order valence-corrected chi connectivity index (χ1v) is 10.1. The highest BCUT2D eigenvalue weighted by molar-refractivity contribution is 7.22. The van der Waals surface area contributed by atoms with Crippen LogP contribution in [0.2, 0.25) is 4.34 Å². The fourth-order valence-electron chi connectivity index (χ4n) is 3.23. The van der Waals surface area contributed by atoms with Crippen molar-refractivity contribution in [1.82, 2.24) is 5.06 Å². The number of rotatable bonds is 6. The van der Waals surface area contributed by atoms with Gasteiger partial charge >= 0.3 is 5.97 Å². The number of carbonyl (C=O) groups is 4. The molecule has 3 aromatic rings. The molecule has 0 saturated heterocycles. The van der Waals surface area contributed by atoms with Crippen LogP contribution in [-0.2, 0) is 21.0 Å². The van der Waals surface area contributed by atoms with Crippen molar-refractivity contribution < 1.29 is 28.8 Å². The van der Waals surface area contributed by atoms with Crippen LogP contribution in [0.15, 0.2) is 42.5 Å². The molecule has 0 N–H and O–H groups in total. The van der Waals surface area contributed by atoms with Crippen LogP contribution in [0.4, 0.5) is 0 Å². The van der Waals surface area contributed by atoms with Crippen molar-refractivity contribution in [1.29, 1.82) is 0 Å². The Labute approximate surface area is 179 Å². The summed E-state index contributed by atoms with van der Waals surface area (Å²) in [7, 11) is 0. The summed E-state index contributed by atoms with van der Waals surface area (Å²) in [6.07, 6.45) is 0. The number of nitrogens with zero attached hydrogens (tertiary/aromatic N) is 1. The Morgan fingerprint density at radius 3 is 2.37 bits per heavy atom. The molecule has 0 atom stereocenters. The predicted octanol–water partition coefficient (Wildman–Crippen LogP) is 4.03. The van der Waals surface area contributed by atoms with Crippen LogP contribution in [0.25, 0.3) is 10.1 Å². The molecule has 2 heterocycles. The Kier molecular flexibility index (Phi) is 5.38. The molecule has 0 spiro atoms. The maximum Gasteiger partial charge on any atom is 0.379 e. The van der Waals surface area contributed by atoms with E-state index in [9.17, 15) is 19.2 Å². The molecule has 1 aliphatic heterocycles. The van der Waals surface area contributed by atoms with Crippen LogP contribution in [0.1, 0.15) is 43.6 Å². The van der Waals surface area contributed by atoms with Gasteiger partial charge in [-0.1, -0.05) is 23.7 Å². The van der Waals surface area contributed by atoms with Crippen LogP contribution < -0.4 is 0 Å². The van der Waals surface area contributed by atoms with E-state index in [4.69, 9.17) is 21.2 Å². The fraction of sp³-hybridized carbons (Fsp3) is 0.143. The van der Waals surface area contributed by atoms with E-state index in [1.54, 1.807) is 31.2 Å². The van der Waals surface area contributed by atoms with Gasteiger partial charge in [0.2, 0.25) is 0 Å². The Morgan fingerprint density at radius 1 is 1.07 bits per heavy atom. The summed E-state index contributed by atoms with van der Waals surface area (Å²) in [5.74, 6) is -3.03. The molecule has 7 nitrogen and oxygen atoms in total. The molecule has 1 aliphatic rings. The lowest BCUT2D eigenvalue weighted by molar-refractivity contribution is -0.137. The van der Waals surface area contributed by atoms with Crippen LogP contribution in [-0.4, -0.2) is 35.2 Å². The smallest absolute Gasteiger partial charge is 0.379 e. The normalized spacial score (nSPS) is 13.1. The van der Waals surface area contributed by atoms with Gasteiger partial charge in [0.25, 0.3) is 17.6 Å². The van der Waals surface area contributed by atoms with E-state index >= 15 is 0 Å². The zero-order valence-electron chi connectivity index (χ0n) is 15.6. The molecule has 0 radical (unpaired) electrons. The number of halogens is 1. The molecule has 9 heteroatoms. The number of hydroxylamine groups is 2. The number of Topliss-reactive ketones (excluding diaryl/α,β-unsaturated/α-hetero) is 1. The Balaban J connectivity index is 1.69. The molecule has 30 heavy (non-hydrogen) atoms. The summed E-state index contributed by atoms with van der Waals surface area (Å²) in [4.78, 5) is 55.2. The van der Waals surface area contributed by atoms with E-state index in [0.717, 1.165) is 4.70 Å². The van der Waals surface area contributed by atoms with E-state index in [1.807, 2.05) is 0 Å². The lowest BCUT2D eigenvalue weighted by Gasteiger charge is -2.16. The van der Waals surface area contributed by atoms with Gasteiger partial charge in [0.15, 0.2) is 0 Å². The zero-order chi connectivity index (χ0) is 21.4. The second-order valence-electron chi connectivity index (χ2n) is 6.33. The van der Waals surface area contributed by atoms with Crippen LogP contribution in [0.5, 0.6) is 0 Å². The van der Waals surface area contributed by atoms with E-state index < -0.39 is 23.6 Å². The molecule has 2 amide bonds. The number of hydrogen-bond donors (Lipinski definition) is 0. The highest BCUT2D eigenvalue weighted by atomic mass is 35.5. The van der Waals surface area contributed by atoms with E-state index in [1.165, 1.54) is 29.5 Å². The van der Waals surface area contributed by atoms with Crippen molar-refractivity contribution in [3.8, 4) is 0 Å². The lowest BCUT2D eigenvalue weighted by atomic mass is 10.0. The first-order chi connectivity index (χ1) is 14.4. The van der Waals surface area contributed by atoms with Gasteiger partial charge in [-0.05, 0) is 37.3 Å². The minimum atomic E-state index is -1.000. The maximum atomic E-state index is 12.6. The van der Waals surface area contributed by atoms with Crippen LogP contribution >= 0.6 is 22.9 Å². The lowest BCUT2D eigenvalue weighted by Crippen LogP contribution is -2.30. The summed E-state index contributed by atoms with van der Waals surface area (Å²) in [5, 5.41) is 1.26. The summed E-state index contributed by atoms with van der Waals surface area (Å²) in [6.45, 7) is 1.35. The number of carbonyl (C=O) groups excluding carboxylic acids is 4. The van der Waals surface area contributed by atoms with E-state index in [-0.39, 0.29) is 29.9 Å². The molecule has 0 fully saturated rings. The van der Waals surface area contributed by atoms with Crippen molar-refractivity contribution in [3.05, 3.63) is 69.1 Å². The number of fused-ring (bicyclic) bond motifs is 2. The number of thiophene rings is 1. The number of imide groups is 1. The number of ketones is 1. The molecule has 2 aromatic carbocycles. The largest absolute Gasteiger partial charge is 0.460 e. The third kappa shape index (κ3) is 3.39. The average Bonchev–Trinajstić information content (AvgIpc) is 3.23. The minimum absolute atomic E-state index is 0.0535. The van der Waals surface area contributed by atoms with E-state index in [2.05, 4.69) is 0 Å². The van der Waals surface area contributed by atoms with E-state index in [0.29, 0.717) is 20.3 Å². The van der Waals surface area contributed by atoms with Gasteiger partial charge in [-0.3, -0.25) is 19.2 Å². The number of hydrogen-bond acceptors (Lipinski definition) is 7. The molecule has 152 valence electrons. The van der Waals surface area contributed by atoms with Gasteiger partial charge in [0.05, 0.1) is 22.1 Å². The second-order valence-corrected chi connectivity index (χ2v) is 8.04. The van der Waals surface area contributed by atoms with Crippen molar-refractivity contribution in [3.63, 3.8) is 0 Å². The minimum Gasteiger partial charge on any atom is -0.460 e. The fourth-order valence-corrected chi connectivity index (χ4v) is 4.40. The Bertz CT molecular complexity index is 1180. The second kappa shape index (κ2) is 7.98. The molecule has 0 aliphatic carbocycles. The number of ether oxygens (including phenoxy) is 1. The van der Waals surface area contributed by atoms with Gasteiger partial charge in [-0.15, -0.1) is 16.4 Å². The van der Waals surface area contributed by atoms with Crippen LogP contribution in [0.3, 0.4) is 0 Å². The first-order valence-electron chi connectivity index (χ1n) is 8.95. The van der Waals surface area contributed by atoms with Gasteiger partial charge in [-0.2, -0.15) is 0 Å². The molecular weight excluding hydrogens is 430 g/mol. The topological polar surface area (TPSA) is 90.0 Å².